The molecule has 0 bridgehead atoms. The van der Waals surface area contributed by atoms with Crippen molar-refractivity contribution < 1.29 is 9.18 Å². The zero-order valence-corrected chi connectivity index (χ0v) is 7.82. The second-order valence-corrected chi connectivity index (χ2v) is 3.97. The number of fused-ring (bicyclic) bond motifs is 1. The molecule has 3 heteroatoms. The number of hydrogen-bond donors (Lipinski definition) is 0. The van der Waals surface area contributed by atoms with Crippen LogP contribution in [0.15, 0.2) is 18.2 Å². The molecule has 0 radical (unpaired) electrons. The van der Waals surface area contributed by atoms with E-state index in [1.54, 1.807) is 6.07 Å². The summed E-state index contributed by atoms with van der Waals surface area (Å²) in [5.41, 5.74) is 1.55. The predicted octanol–water partition coefficient (Wildman–Crippen LogP) is 3.16. The highest BCUT2D eigenvalue weighted by Crippen LogP contribution is 2.27. The number of aldehydes is 1. The van der Waals surface area contributed by atoms with E-state index >= 15 is 0 Å². The first-order valence-corrected chi connectivity index (χ1v) is 4.67. The van der Waals surface area contributed by atoms with Crippen molar-refractivity contribution in [2.75, 3.05) is 0 Å². The maximum Gasteiger partial charge on any atom is 0.177 e. The topological polar surface area (TPSA) is 17.1 Å². The van der Waals surface area contributed by atoms with Gasteiger partial charge in [0.1, 0.15) is 0 Å². The fourth-order valence-electron chi connectivity index (χ4n) is 1.38. The van der Waals surface area contributed by atoms with Crippen molar-refractivity contribution in [3.63, 3.8) is 0 Å². The molecular formula is C10H7FOS. The van der Waals surface area contributed by atoms with Crippen LogP contribution in [0.2, 0.25) is 0 Å². The van der Waals surface area contributed by atoms with E-state index in [-0.39, 0.29) is 5.13 Å². The van der Waals surface area contributed by atoms with Crippen LogP contribution >= 0.6 is 11.3 Å². The van der Waals surface area contributed by atoms with Crippen molar-refractivity contribution in [2.45, 2.75) is 6.92 Å². The summed E-state index contributed by atoms with van der Waals surface area (Å²) < 4.78 is 13.7. The normalized spacial score (nSPS) is 10.6. The zero-order valence-electron chi connectivity index (χ0n) is 7.00. The minimum absolute atomic E-state index is 0.247. The van der Waals surface area contributed by atoms with Crippen LogP contribution in [0.25, 0.3) is 10.1 Å². The Morgan fingerprint density at radius 2 is 2.15 bits per heavy atom. The van der Waals surface area contributed by atoms with Crippen molar-refractivity contribution >= 4 is 27.7 Å². The maximum absolute atomic E-state index is 12.9. The molecule has 66 valence electrons. The van der Waals surface area contributed by atoms with Gasteiger partial charge in [0.25, 0.3) is 0 Å². The Hall–Kier alpha value is -1.22. The molecule has 0 unspecified atom stereocenters. The number of carbonyl (C=O) groups excluding carboxylic acids is 1. The van der Waals surface area contributed by atoms with Crippen LogP contribution in [0.1, 0.15) is 15.9 Å². The van der Waals surface area contributed by atoms with Gasteiger partial charge in [0.15, 0.2) is 11.4 Å². The number of carbonyl (C=O) groups is 1. The predicted molar refractivity (Wildman–Crippen MR) is 51.9 cm³/mol. The third kappa shape index (κ3) is 1.35. The lowest BCUT2D eigenvalue weighted by molar-refractivity contribution is 0.112. The quantitative estimate of drug-likeness (QED) is 0.637. The number of rotatable bonds is 1. The molecule has 0 aliphatic carbocycles. The minimum Gasteiger partial charge on any atom is -0.298 e. The first kappa shape index (κ1) is 8.38. The lowest BCUT2D eigenvalue weighted by Crippen LogP contribution is -1.81. The van der Waals surface area contributed by atoms with Crippen molar-refractivity contribution in [3.8, 4) is 0 Å². The minimum atomic E-state index is -0.247. The molecule has 2 aromatic rings. The number of thiophene rings is 1. The Morgan fingerprint density at radius 1 is 1.38 bits per heavy atom. The smallest absolute Gasteiger partial charge is 0.177 e. The number of hydrogen-bond acceptors (Lipinski definition) is 2. The van der Waals surface area contributed by atoms with Crippen LogP contribution in [0.4, 0.5) is 4.39 Å². The molecule has 13 heavy (non-hydrogen) atoms. The van der Waals surface area contributed by atoms with Gasteiger partial charge in [-0.2, -0.15) is 4.39 Å². The summed E-state index contributed by atoms with van der Waals surface area (Å²) in [5, 5.41) is 0.465. The van der Waals surface area contributed by atoms with Gasteiger partial charge in [-0.15, -0.1) is 11.3 Å². The largest absolute Gasteiger partial charge is 0.298 e. The lowest BCUT2D eigenvalue weighted by atomic mass is 10.1. The molecule has 0 saturated carbocycles. The van der Waals surface area contributed by atoms with Crippen LogP contribution in [0.5, 0.6) is 0 Å². The van der Waals surface area contributed by atoms with E-state index in [1.807, 2.05) is 13.0 Å². The van der Waals surface area contributed by atoms with E-state index in [2.05, 4.69) is 0 Å². The Bertz CT molecular complexity index is 473. The molecular weight excluding hydrogens is 187 g/mol. The molecule has 0 spiro atoms. The first-order valence-electron chi connectivity index (χ1n) is 3.85. The first-order chi connectivity index (χ1) is 6.20. The Kier molecular flexibility index (Phi) is 1.88. The van der Waals surface area contributed by atoms with E-state index in [0.717, 1.165) is 27.9 Å². The molecule has 0 saturated heterocycles. The molecule has 0 N–H and O–H groups in total. The number of benzene rings is 1. The van der Waals surface area contributed by atoms with E-state index in [0.29, 0.717) is 10.9 Å². The summed E-state index contributed by atoms with van der Waals surface area (Å²) in [6.45, 7) is 1.89. The van der Waals surface area contributed by atoms with E-state index in [1.165, 1.54) is 6.07 Å². The van der Waals surface area contributed by atoms with Crippen molar-refractivity contribution in [1.29, 1.82) is 0 Å². The van der Waals surface area contributed by atoms with Crippen molar-refractivity contribution in [2.24, 2.45) is 0 Å². The van der Waals surface area contributed by atoms with Gasteiger partial charge < -0.3 is 0 Å². The summed E-state index contributed by atoms with van der Waals surface area (Å²) in [4.78, 5) is 10.7. The van der Waals surface area contributed by atoms with Gasteiger partial charge in [-0.3, -0.25) is 4.79 Å². The molecule has 1 heterocycles. The molecule has 1 aromatic carbocycles. The monoisotopic (exact) mass is 194 g/mol. The van der Waals surface area contributed by atoms with Gasteiger partial charge in [-0.05, 0) is 30.7 Å². The highest BCUT2D eigenvalue weighted by molar-refractivity contribution is 7.17. The van der Waals surface area contributed by atoms with Crippen LogP contribution < -0.4 is 0 Å². The molecule has 0 atom stereocenters. The Balaban J connectivity index is 2.88. The second-order valence-electron chi connectivity index (χ2n) is 2.93. The van der Waals surface area contributed by atoms with Gasteiger partial charge >= 0.3 is 0 Å². The maximum atomic E-state index is 12.9. The van der Waals surface area contributed by atoms with Gasteiger partial charge in [0.2, 0.25) is 0 Å². The average molecular weight is 194 g/mol. The second kappa shape index (κ2) is 2.92. The molecule has 0 amide bonds. The summed E-state index contributed by atoms with van der Waals surface area (Å²) in [6.07, 6.45) is 0.765. The molecule has 1 nitrogen and oxygen atoms in total. The van der Waals surface area contributed by atoms with E-state index in [4.69, 9.17) is 0 Å². The number of halogens is 1. The summed E-state index contributed by atoms with van der Waals surface area (Å²) in [6, 6.07) is 5.06. The number of aryl methyl sites for hydroxylation is 1. The Morgan fingerprint density at radius 3 is 2.85 bits per heavy atom. The van der Waals surface area contributed by atoms with Crippen LogP contribution in [-0.2, 0) is 0 Å². The molecule has 0 fully saturated rings. The van der Waals surface area contributed by atoms with Gasteiger partial charge in [0.05, 0.1) is 0 Å². The molecule has 0 aliphatic heterocycles. The molecule has 2 rings (SSSR count). The van der Waals surface area contributed by atoms with Gasteiger partial charge in [-0.1, -0.05) is 0 Å². The highest BCUT2D eigenvalue weighted by atomic mass is 32.1. The van der Waals surface area contributed by atoms with Crippen molar-refractivity contribution in [1.82, 2.24) is 0 Å². The molecule has 1 aromatic heterocycles. The van der Waals surface area contributed by atoms with E-state index in [9.17, 15) is 9.18 Å². The summed E-state index contributed by atoms with van der Waals surface area (Å²) in [7, 11) is 0. The lowest BCUT2D eigenvalue weighted by Gasteiger charge is -1.96. The standard InChI is InChI=1S/C10H7FOS/c1-6-2-7(5-12)8-4-10(11)13-9(8)3-6/h2-5H,1H3. The van der Waals surface area contributed by atoms with Crippen molar-refractivity contribution in [3.05, 3.63) is 34.5 Å². The SMILES string of the molecule is Cc1cc(C=O)c2cc(F)sc2c1. The van der Waals surface area contributed by atoms with E-state index < -0.39 is 0 Å². The fraction of sp³-hybridized carbons (Fsp3) is 0.100. The highest BCUT2D eigenvalue weighted by Gasteiger charge is 2.06. The summed E-state index contributed by atoms with van der Waals surface area (Å²) in [5.74, 6) is 0. The molecule has 0 aliphatic rings. The summed E-state index contributed by atoms with van der Waals surface area (Å²) >= 11 is 1.07. The van der Waals surface area contributed by atoms with Crippen LogP contribution in [0, 0.1) is 12.1 Å². The van der Waals surface area contributed by atoms with Gasteiger partial charge in [-0.25, -0.2) is 0 Å². The Labute approximate surface area is 78.8 Å². The van der Waals surface area contributed by atoms with Crippen LogP contribution in [-0.4, -0.2) is 6.29 Å². The zero-order chi connectivity index (χ0) is 9.42. The third-order valence-electron chi connectivity index (χ3n) is 1.91. The van der Waals surface area contributed by atoms with Gasteiger partial charge in [0, 0.05) is 15.6 Å². The van der Waals surface area contributed by atoms with Crippen LogP contribution in [0.3, 0.4) is 0 Å². The fourth-order valence-corrected chi connectivity index (χ4v) is 2.29. The average Bonchev–Trinajstić information content (AvgIpc) is 2.43. The third-order valence-corrected chi connectivity index (χ3v) is 2.78.